The fraction of sp³-hybridized carbons (Fsp3) is 0.286. The van der Waals surface area contributed by atoms with Gasteiger partial charge < -0.3 is 19.3 Å². The van der Waals surface area contributed by atoms with Crippen LogP contribution < -0.4 is 9.64 Å². The molecule has 3 rings (SSSR count). The molecule has 0 atom stereocenters. The van der Waals surface area contributed by atoms with E-state index in [0.717, 1.165) is 24.4 Å². The predicted molar refractivity (Wildman–Crippen MR) is 71.1 cm³/mol. The maximum absolute atomic E-state index is 10.8. The molecule has 104 valence electrons. The summed E-state index contributed by atoms with van der Waals surface area (Å²) in [5.74, 6) is 0.279. The standard InChI is InChI=1S/C14H14N2O4/c17-14(18)11-8-10(20-15-11)9-16-6-3-7-19-13-5-2-1-4-12(13)16/h1-2,4-5,8H,3,6-7,9H2,(H,17,18). The van der Waals surface area contributed by atoms with Gasteiger partial charge in [0.2, 0.25) is 0 Å². The van der Waals surface area contributed by atoms with Crippen molar-refractivity contribution in [3.63, 3.8) is 0 Å². The third kappa shape index (κ3) is 2.45. The van der Waals surface area contributed by atoms with Gasteiger partial charge in [-0.2, -0.15) is 0 Å². The summed E-state index contributed by atoms with van der Waals surface area (Å²) in [4.78, 5) is 12.9. The zero-order valence-corrected chi connectivity index (χ0v) is 10.8. The predicted octanol–water partition coefficient (Wildman–Crippen LogP) is 2.16. The van der Waals surface area contributed by atoms with Crippen LogP contribution in [0.5, 0.6) is 5.75 Å². The number of rotatable bonds is 3. The molecule has 0 radical (unpaired) electrons. The normalized spacial score (nSPS) is 14.3. The first-order valence-electron chi connectivity index (χ1n) is 6.40. The van der Waals surface area contributed by atoms with E-state index < -0.39 is 5.97 Å². The van der Waals surface area contributed by atoms with E-state index in [0.29, 0.717) is 18.9 Å². The van der Waals surface area contributed by atoms with E-state index in [-0.39, 0.29) is 5.69 Å². The third-order valence-corrected chi connectivity index (χ3v) is 3.16. The second-order valence-corrected chi connectivity index (χ2v) is 4.57. The Morgan fingerprint density at radius 2 is 2.25 bits per heavy atom. The van der Waals surface area contributed by atoms with E-state index >= 15 is 0 Å². The van der Waals surface area contributed by atoms with Gasteiger partial charge in [-0.15, -0.1) is 0 Å². The molecule has 0 bridgehead atoms. The van der Waals surface area contributed by atoms with Gasteiger partial charge in [-0.25, -0.2) is 4.79 Å². The Morgan fingerprint density at radius 3 is 3.05 bits per heavy atom. The lowest BCUT2D eigenvalue weighted by Crippen LogP contribution is -2.22. The Balaban J connectivity index is 1.84. The number of fused-ring (bicyclic) bond motifs is 1. The number of para-hydroxylation sites is 2. The molecule has 6 nitrogen and oxygen atoms in total. The first-order chi connectivity index (χ1) is 9.74. The van der Waals surface area contributed by atoms with Crippen LogP contribution in [0.2, 0.25) is 0 Å². The minimum Gasteiger partial charge on any atom is -0.491 e. The number of benzene rings is 1. The van der Waals surface area contributed by atoms with E-state index in [1.165, 1.54) is 6.07 Å². The molecule has 2 heterocycles. The summed E-state index contributed by atoms with van der Waals surface area (Å²) in [6, 6.07) is 9.24. The number of carboxylic acid groups (broad SMARTS) is 1. The summed E-state index contributed by atoms with van der Waals surface area (Å²) >= 11 is 0. The maximum atomic E-state index is 10.8. The van der Waals surface area contributed by atoms with Crippen LogP contribution in [0, 0.1) is 0 Å². The first-order valence-corrected chi connectivity index (χ1v) is 6.40. The van der Waals surface area contributed by atoms with E-state index in [1.54, 1.807) is 0 Å². The van der Waals surface area contributed by atoms with Crippen molar-refractivity contribution in [3.05, 3.63) is 41.8 Å². The summed E-state index contributed by atoms with van der Waals surface area (Å²) in [7, 11) is 0. The topological polar surface area (TPSA) is 75.8 Å². The zero-order valence-electron chi connectivity index (χ0n) is 10.8. The van der Waals surface area contributed by atoms with Gasteiger partial charge in [0, 0.05) is 12.6 Å². The van der Waals surface area contributed by atoms with Crippen molar-refractivity contribution in [1.29, 1.82) is 0 Å². The highest BCUT2D eigenvalue weighted by Crippen LogP contribution is 2.31. The molecule has 1 aliphatic rings. The lowest BCUT2D eigenvalue weighted by molar-refractivity contribution is 0.0685. The van der Waals surface area contributed by atoms with E-state index in [4.69, 9.17) is 14.4 Å². The highest BCUT2D eigenvalue weighted by molar-refractivity contribution is 5.85. The summed E-state index contributed by atoms with van der Waals surface area (Å²) < 4.78 is 10.7. The van der Waals surface area contributed by atoms with Crippen LogP contribution in [0.25, 0.3) is 0 Å². The van der Waals surface area contributed by atoms with Gasteiger partial charge in [-0.1, -0.05) is 17.3 Å². The molecule has 0 fully saturated rings. The Kier molecular flexibility index (Phi) is 3.28. The van der Waals surface area contributed by atoms with E-state index in [2.05, 4.69) is 10.1 Å². The summed E-state index contributed by atoms with van der Waals surface area (Å²) in [5, 5.41) is 12.4. The van der Waals surface area contributed by atoms with E-state index in [9.17, 15) is 4.79 Å². The van der Waals surface area contributed by atoms with Gasteiger partial charge in [0.25, 0.3) is 0 Å². The molecule has 0 aliphatic carbocycles. The SMILES string of the molecule is O=C(O)c1cc(CN2CCCOc3ccccc32)on1. The molecule has 20 heavy (non-hydrogen) atoms. The fourth-order valence-electron chi connectivity index (χ4n) is 2.24. The second kappa shape index (κ2) is 5.24. The number of ether oxygens (including phenoxy) is 1. The minimum atomic E-state index is -1.08. The van der Waals surface area contributed by atoms with Crippen molar-refractivity contribution in [1.82, 2.24) is 5.16 Å². The molecule has 0 saturated carbocycles. The molecule has 1 aromatic carbocycles. The number of anilines is 1. The minimum absolute atomic E-state index is 0.0700. The molecule has 1 aromatic heterocycles. The number of carbonyl (C=O) groups is 1. The third-order valence-electron chi connectivity index (χ3n) is 3.16. The molecule has 0 amide bonds. The highest BCUT2D eigenvalue weighted by Gasteiger charge is 2.19. The molecule has 0 saturated heterocycles. The Labute approximate surface area is 115 Å². The Bertz CT molecular complexity index is 623. The van der Waals surface area contributed by atoms with Gasteiger partial charge >= 0.3 is 5.97 Å². The summed E-state index contributed by atoms with van der Waals surface area (Å²) in [6.07, 6.45) is 0.897. The molecular weight excluding hydrogens is 260 g/mol. The van der Waals surface area contributed by atoms with Crippen molar-refractivity contribution >= 4 is 11.7 Å². The van der Waals surface area contributed by atoms with E-state index in [1.807, 2.05) is 24.3 Å². The fourth-order valence-corrected chi connectivity index (χ4v) is 2.24. The van der Waals surface area contributed by atoms with Crippen LogP contribution in [-0.4, -0.2) is 29.4 Å². The lowest BCUT2D eigenvalue weighted by atomic mass is 10.2. The number of hydrogen-bond acceptors (Lipinski definition) is 5. The number of hydrogen-bond donors (Lipinski definition) is 1. The van der Waals surface area contributed by atoms with Crippen LogP contribution in [0.4, 0.5) is 5.69 Å². The van der Waals surface area contributed by atoms with Crippen molar-refractivity contribution < 1.29 is 19.2 Å². The number of aromatic nitrogens is 1. The Morgan fingerprint density at radius 1 is 1.40 bits per heavy atom. The number of aromatic carboxylic acids is 1. The van der Waals surface area contributed by atoms with Crippen LogP contribution in [0.3, 0.4) is 0 Å². The van der Waals surface area contributed by atoms with Gasteiger partial charge in [0.1, 0.15) is 5.75 Å². The van der Waals surface area contributed by atoms with Gasteiger partial charge in [0.15, 0.2) is 11.5 Å². The lowest BCUT2D eigenvalue weighted by Gasteiger charge is -2.22. The maximum Gasteiger partial charge on any atom is 0.358 e. The zero-order chi connectivity index (χ0) is 13.9. The molecule has 0 unspecified atom stereocenters. The molecule has 1 aliphatic heterocycles. The van der Waals surface area contributed by atoms with Crippen molar-refractivity contribution in [3.8, 4) is 5.75 Å². The molecule has 1 N–H and O–H groups in total. The molecule has 0 spiro atoms. The second-order valence-electron chi connectivity index (χ2n) is 4.57. The summed E-state index contributed by atoms with van der Waals surface area (Å²) in [5.41, 5.74) is 0.914. The monoisotopic (exact) mass is 274 g/mol. The summed E-state index contributed by atoms with van der Waals surface area (Å²) in [6.45, 7) is 1.96. The molecule has 2 aromatic rings. The Hall–Kier alpha value is -2.50. The van der Waals surface area contributed by atoms with Crippen LogP contribution in [-0.2, 0) is 6.54 Å². The van der Waals surface area contributed by atoms with Crippen molar-refractivity contribution in [2.45, 2.75) is 13.0 Å². The largest absolute Gasteiger partial charge is 0.491 e. The molecule has 6 heteroatoms. The van der Waals surface area contributed by atoms with Crippen molar-refractivity contribution in [2.75, 3.05) is 18.1 Å². The smallest absolute Gasteiger partial charge is 0.358 e. The van der Waals surface area contributed by atoms with Crippen LogP contribution >= 0.6 is 0 Å². The first kappa shape index (κ1) is 12.5. The van der Waals surface area contributed by atoms with Crippen LogP contribution in [0.15, 0.2) is 34.9 Å². The average Bonchev–Trinajstić information content (AvgIpc) is 2.82. The number of carboxylic acids is 1. The van der Waals surface area contributed by atoms with Crippen LogP contribution in [0.1, 0.15) is 22.7 Å². The highest BCUT2D eigenvalue weighted by atomic mass is 16.5. The van der Waals surface area contributed by atoms with Crippen molar-refractivity contribution in [2.24, 2.45) is 0 Å². The quantitative estimate of drug-likeness (QED) is 0.924. The molecular formula is C14H14N2O4. The number of nitrogens with zero attached hydrogens (tertiary/aromatic N) is 2. The van der Waals surface area contributed by atoms with Gasteiger partial charge in [-0.05, 0) is 18.6 Å². The average molecular weight is 274 g/mol. The van der Waals surface area contributed by atoms with Gasteiger partial charge in [0.05, 0.1) is 18.8 Å². The van der Waals surface area contributed by atoms with Gasteiger partial charge in [-0.3, -0.25) is 0 Å².